The lowest BCUT2D eigenvalue weighted by Crippen LogP contribution is -2.19. The minimum absolute atomic E-state index is 0.111. The van der Waals surface area contributed by atoms with Gasteiger partial charge in [-0.3, -0.25) is 0 Å². The van der Waals surface area contributed by atoms with Gasteiger partial charge in [0.15, 0.2) is 9.84 Å². The molecule has 0 bridgehead atoms. The molecule has 5 heteroatoms. The molecule has 0 spiro atoms. The number of ether oxygens (including phenoxy) is 1. The van der Waals surface area contributed by atoms with E-state index in [1.807, 2.05) is 31.2 Å². The van der Waals surface area contributed by atoms with Crippen molar-refractivity contribution < 1.29 is 13.2 Å². The largest absolute Gasteiger partial charge is 0.489 e. The summed E-state index contributed by atoms with van der Waals surface area (Å²) in [5.74, 6) is 1.03. The highest BCUT2D eigenvalue weighted by molar-refractivity contribution is 7.91. The molecule has 1 saturated heterocycles. The smallest absolute Gasteiger partial charge is 0.154 e. The molecular formula is C12H17NO3S. The van der Waals surface area contributed by atoms with Crippen LogP contribution >= 0.6 is 0 Å². The van der Waals surface area contributed by atoms with Gasteiger partial charge in [0.05, 0.1) is 11.5 Å². The molecule has 0 saturated carbocycles. The molecule has 2 rings (SSSR count). The van der Waals surface area contributed by atoms with Crippen molar-refractivity contribution in [1.29, 1.82) is 0 Å². The highest BCUT2D eigenvalue weighted by atomic mass is 32.2. The molecule has 2 N–H and O–H groups in total. The molecular weight excluding hydrogens is 238 g/mol. The van der Waals surface area contributed by atoms with Crippen molar-refractivity contribution >= 4 is 9.84 Å². The fourth-order valence-electron chi connectivity index (χ4n) is 2.00. The molecule has 1 aromatic carbocycles. The second-order valence-corrected chi connectivity index (χ2v) is 6.70. The van der Waals surface area contributed by atoms with Gasteiger partial charge in [-0.1, -0.05) is 18.2 Å². The van der Waals surface area contributed by atoms with Gasteiger partial charge in [0, 0.05) is 11.6 Å². The van der Waals surface area contributed by atoms with Gasteiger partial charge < -0.3 is 10.5 Å². The van der Waals surface area contributed by atoms with Gasteiger partial charge in [0.1, 0.15) is 11.9 Å². The normalized spacial score (nSPS) is 24.5. The predicted octanol–water partition coefficient (Wildman–Crippen LogP) is 1.27. The highest BCUT2D eigenvalue weighted by Gasteiger charge is 2.29. The quantitative estimate of drug-likeness (QED) is 0.883. The van der Waals surface area contributed by atoms with Crippen molar-refractivity contribution in [1.82, 2.24) is 0 Å². The molecule has 0 aliphatic carbocycles. The van der Waals surface area contributed by atoms with E-state index in [0.29, 0.717) is 12.2 Å². The number of nitrogens with two attached hydrogens (primary N) is 1. The summed E-state index contributed by atoms with van der Waals surface area (Å²) in [4.78, 5) is 0. The van der Waals surface area contributed by atoms with Gasteiger partial charge in [-0.15, -0.1) is 0 Å². The van der Waals surface area contributed by atoms with Crippen LogP contribution in [0.4, 0.5) is 0 Å². The lowest BCUT2D eigenvalue weighted by molar-refractivity contribution is 0.226. The summed E-state index contributed by atoms with van der Waals surface area (Å²) in [6, 6.07) is 7.39. The molecule has 4 nitrogen and oxygen atoms in total. The van der Waals surface area contributed by atoms with E-state index in [4.69, 9.17) is 10.5 Å². The molecule has 0 aromatic heterocycles. The molecule has 1 heterocycles. The van der Waals surface area contributed by atoms with Gasteiger partial charge >= 0.3 is 0 Å². The first-order valence-electron chi connectivity index (χ1n) is 5.69. The van der Waals surface area contributed by atoms with Crippen molar-refractivity contribution in [3.8, 4) is 5.75 Å². The van der Waals surface area contributed by atoms with Gasteiger partial charge in [0.25, 0.3) is 0 Å². The molecule has 1 unspecified atom stereocenters. The summed E-state index contributed by atoms with van der Waals surface area (Å²) < 4.78 is 28.4. The molecule has 1 fully saturated rings. The average Bonchev–Trinajstić information content (AvgIpc) is 2.58. The van der Waals surface area contributed by atoms with E-state index in [2.05, 4.69) is 0 Å². The zero-order valence-electron chi connectivity index (χ0n) is 9.80. The van der Waals surface area contributed by atoms with Gasteiger partial charge in [-0.25, -0.2) is 8.42 Å². The van der Waals surface area contributed by atoms with Crippen molar-refractivity contribution in [2.24, 2.45) is 5.73 Å². The average molecular weight is 255 g/mol. The van der Waals surface area contributed by atoms with Crippen molar-refractivity contribution in [2.45, 2.75) is 25.5 Å². The van der Waals surface area contributed by atoms with E-state index in [9.17, 15) is 8.42 Å². The van der Waals surface area contributed by atoms with E-state index in [-0.39, 0.29) is 23.7 Å². The third-order valence-corrected chi connectivity index (χ3v) is 4.63. The number of sulfone groups is 1. The van der Waals surface area contributed by atoms with E-state index in [1.54, 1.807) is 0 Å². The molecule has 1 aromatic rings. The molecule has 17 heavy (non-hydrogen) atoms. The van der Waals surface area contributed by atoms with Gasteiger partial charge in [-0.05, 0) is 19.4 Å². The first kappa shape index (κ1) is 12.4. The van der Waals surface area contributed by atoms with Crippen LogP contribution in [0.5, 0.6) is 5.75 Å². The van der Waals surface area contributed by atoms with Crippen LogP contribution in [0.1, 0.15) is 24.9 Å². The summed E-state index contributed by atoms with van der Waals surface area (Å²) in [5.41, 5.74) is 6.76. The lowest BCUT2D eigenvalue weighted by atomic mass is 10.1. The number of benzene rings is 1. The molecule has 1 aliphatic rings. The molecule has 0 radical (unpaired) electrons. The van der Waals surface area contributed by atoms with Crippen LogP contribution in [0, 0.1) is 0 Å². The number of para-hydroxylation sites is 1. The summed E-state index contributed by atoms with van der Waals surface area (Å²) in [7, 11) is -2.90. The minimum atomic E-state index is -2.90. The zero-order valence-corrected chi connectivity index (χ0v) is 10.6. The SMILES string of the molecule is C[C@H](N)c1ccccc1OC1CCS(=O)(=O)C1. The second-order valence-electron chi connectivity index (χ2n) is 4.47. The Morgan fingerprint density at radius 2 is 2.12 bits per heavy atom. The van der Waals surface area contributed by atoms with Crippen molar-refractivity contribution in [3.63, 3.8) is 0 Å². The monoisotopic (exact) mass is 255 g/mol. The van der Waals surface area contributed by atoms with Crippen LogP contribution < -0.4 is 10.5 Å². The Kier molecular flexibility index (Phi) is 3.40. The number of hydrogen-bond acceptors (Lipinski definition) is 4. The molecule has 1 aliphatic heterocycles. The summed E-state index contributed by atoms with van der Waals surface area (Å²) in [5, 5.41) is 0. The third kappa shape index (κ3) is 2.98. The molecule has 94 valence electrons. The van der Waals surface area contributed by atoms with Crippen LogP contribution in [0.2, 0.25) is 0 Å². The second kappa shape index (κ2) is 4.66. The van der Waals surface area contributed by atoms with Crippen LogP contribution in [-0.4, -0.2) is 26.0 Å². The van der Waals surface area contributed by atoms with Crippen molar-refractivity contribution in [2.75, 3.05) is 11.5 Å². The van der Waals surface area contributed by atoms with E-state index in [1.165, 1.54) is 0 Å². The van der Waals surface area contributed by atoms with Crippen LogP contribution in [0.3, 0.4) is 0 Å². The minimum Gasteiger partial charge on any atom is -0.489 e. The standard InChI is InChI=1S/C12H17NO3S/c1-9(13)11-4-2-3-5-12(11)16-10-6-7-17(14,15)8-10/h2-5,9-10H,6-8,13H2,1H3/t9-,10?/m0/s1. The maximum Gasteiger partial charge on any atom is 0.154 e. The Morgan fingerprint density at radius 3 is 2.71 bits per heavy atom. The Balaban J connectivity index is 2.14. The Labute approximate surface area is 102 Å². The first-order valence-corrected chi connectivity index (χ1v) is 7.52. The van der Waals surface area contributed by atoms with E-state index in [0.717, 1.165) is 5.56 Å². The predicted molar refractivity (Wildman–Crippen MR) is 66.7 cm³/mol. The molecule has 0 amide bonds. The number of hydrogen-bond donors (Lipinski definition) is 1. The van der Waals surface area contributed by atoms with Crippen molar-refractivity contribution in [3.05, 3.63) is 29.8 Å². The maximum atomic E-state index is 11.3. The van der Waals surface area contributed by atoms with E-state index < -0.39 is 9.84 Å². The Hall–Kier alpha value is -1.07. The Bertz CT molecular complexity index is 496. The number of rotatable bonds is 3. The van der Waals surface area contributed by atoms with Gasteiger partial charge in [0.2, 0.25) is 0 Å². The summed E-state index contributed by atoms with van der Waals surface area (Å²) in [6.45, 7) is 1.88. The highest BCUT2D eigenvalue weighted by Crippen LogP contribution is 2.26. The Morgan fingerprint density at radius 1 is 1.41 bits per heavy atom. The third-order valence-electron chi connectivity index (χ3n) is 2.89. The zero-order chi connectivity index (χ0) is 12.5. The van der Waals surface area contributed by atoms with Crippen LogP contribution in [0.25, 0.3) is 0 Å². The maximum absolute atomic E-state index is 11.3. The lowest BCUT2D eigenvalue weighted by Gasteiger charge is -2.17. The fourth-order valence-corrected chi connectivity index (χ4v) is 3.59. The topological polar surface area (TPSA) is 69.4 Å². The van der Waals surface area contributed by atoms with Crippen LogP contribution in [-0.2, 0) is 9.84 Å². The summed E-state index contributed by atoms with van der Waals surface area (Å²) in [6.07, 6.45) is 0.329. The molecule has 2 atom stereocenters. The van der Waals surface area contributed by atoms with E-state index >= 15 is 0 Å². The first-order chi connectivity index (χ1) is 7.98. The van der Waals surface area contributed by atoms with Gasteiger partial charge in [-0.2, -0.15) is 0 Å². The fraction of sp³-hybridized carbons (Fsp3) is 0.500. The van der Waals surface area contributed by atoms with Crippen LogP contribution in [0.15, 0.2) is 24.3 Å². The summed E-state index contributed by atoms with van der Waals surface area (Å²) >= 11 is 0.